The minimum Gasteiger partial charge on any atom is -0.355 e. The maximum Gasteiger partial charge on any atom is 0.251 e. The molecule has 2 aromatic heterocycles. The van der Waals surface area contributed by atoms with Crippen LogP contribution in [0, 0.1) is 6.92 Å². The second kappa shape index (κ2) is 4.12. The SMILES string of the molecule is Cc1csc2c(N3CCC(F)(F)CC3)ncnc12. The fourth-order valence-electron chi connectivity index (χ4n) is 2.23. The van der Waals surface area contributed by atoms with Crippen molar-refractivity contribution in [3.63, 3.8) is 0 Å². The molecule has 0 bridgehead atoms. The fourth-order valence-corrected chi connectivity index (χ4v) is 3.25. The summed E-state index contributed by atoms with van der Waals surface area (Å²) in [5, 5.41) is 2.03. The Balaban J connectivity index is 1.95. The third-order valence-corrected chi connectivity index (χ3v) is 4.39. The maximum absolute atomic E-state index is 13.2. The van der Waals surface area contributed by atoms with E-state index < -0.39 is 5.92 Å². The lowest BCUT2D eigenvalue weighted by molar-refractivity contribution is -0.0221. The van der Waals surface area contributed by atoms with Gasteiger partial charge in [0.2, 0.25) is 0 Å². The number of rotatable bonds is 1. The van der Waals surface area contributed by atoms with Gasteiger partial charge in [0, 0.05) is 25.9 Å². The van der Waals surface area contributed by atoms with E-state index in [2.05, 4.69) is 9.97 Å². The Labute approximate surface area is 107 Å². The van der Waals surface area contributed by atoms with Gasteiger partial charge in [0.1, 0.15) is 12.1 Å². The van der Waals surface area contributed by atoms with Gasteiger partial charge in [-0.15, -0.1) is 11.3 Å². The molecule has 0 atom stereocenters. The van der Waals surface area contributed by atoms with Crippen molar-refractivity contribution >= 4 is 27.4 Å². The van der Waals surface area contributed by atoms with Crippen LogP contribution in [0.15, 0.2) is 11.7 Å². The van der Waals surface area contributed by atoms with Crippen LogP contribution in [-0.2, 0) is 0 Å². The van der Waals surface area contributed by atoms with Crippen LogP contribution in [-0.4, -0.2) is 29.0 Å². The topological polar surface area (TPSA) is 29.0 Å². The summed E-state index contributed by atoms with van der Waals surface area (Å²) < 4.78 is 27.3. The van der Waals surface area contributed by atoms with Crippen molar-refractivity contribution in [2.24, 2.45) is 0 Å². The van der Waals surface area contributed by atoms with Gasteiger partial charge in [0.15, 0.2) is 0 Å². The molecule has 2 aromatic rings. The van der Waals surface area contributed by atoms with Crippen LogP contribution in [0.25, 0.3) is 10.2 Å². The number of thiophene rings is 1. The molecular formula is C12H13F2N3S. The first-order valence-electron chi connectivity index (χ1n) is 5.88. The standard InChI is InChI=1S/C12H13F2N3S/c1-8-6-18-10-9(8)15-7-16-11(10)17-4-2-12(13,14)3-5-17/h6-7H,2-5H2,1H3. The van der Waals surface area contributed by atoms with Crippen molar-refractivity contribution in [1.82, 2.24) is 9.97 Å². The number of aromatic nitrogens is 2. The summed E-state index contributed by atoms with van der Waals surface area (Å²) >= 11 is 1.58. The number of hydrogen-bond acceptors (Lipinski definition) is 4. The number of nitrogens with zero attached hydrogens (tertiary/aromatic N) is 3. The monoisotopic (exact) mass is 269 g/mol. The molecule has 3 rings (SSSR count). The normalized spacial score (nSPS) is 19.4. The molecule has 0 unspecified atom stereocenters. The molecule has 6 heteroatoms. The summed E-state index contributed by atoms with van der Waals surface area (Å²) in [5.74, 6) is -1.72. The average molecular weight is 269 g/mol. The number of piperidine rings is 1. The third-order valence-electron chi connectivity index (χ3n) is 3.31. The van der Waals surface area contributed by atoms with Crippen LogP contribution in [0.1, 0.15) is 18.4 Å². The summed E-state index contributed by atoms with van der Waals surface area (Å²) in [6.07, 6.45) is 1.33. The maximum atomic E-state index is 13.2. The largest absolute Gasteiger partial charge is 0.355 e. The Morgan fingerprint density at radius 1 is 1.28 bits per heavy atom. The molecule has 0 aliphatic carbocycles. The molecule has 18 heavy (non-hydrogen) atoms. The van der Waals surface area contributed by atoms with Crippen molar-refractivity contribution in [2.75, 3.05) is 18.0 Å². The van der Waals surface area contributed by atoms with Gasteiger partial charge in [-0.3, -0.25) is 0 Å². The molecule has 1 aliphatic rings. The van der Waals surface area contributed by atoms with Gasteiger partial charge in [-0.05, 0) is 17.9 Å². The zero-order valence-corrected chi connectivity index (χ0v) is 10.8. The molecule has 1 saturated heterocycles. The molecule has 0 amide bonds. The smallest absolute Gasteiger partial charge is 0.251 e. The van der Waals surface area contributed by atoms with Gasteiger partial charge in [-0.25, -0.2) is 18.7 Å². The zero-order chi connectivity index (χ0) is 12.8. The Bertz CT molecular complexity index is 572. The molecule has 0 saturated carbocycles. The Kier molecular flexibility index (Phi) is 2.69. The first-order chi connectivity index (χ1) is 8.57. The second-order valence-electron chi connectivity index (χ2n) is 4.64. The van der Waals surface area contributed by atoms with E-state index in [4.69, 9.17) is 0 Å². The van der Waals surface area contributed by atoms with Crippen molar-refractivity contribution < 1.29 is 8.78 Å². The predicted molar refractivity (Wildman–Crippen MR) is 68.5 cm³/mol. The van der Waals surface area contributed by atoms with E-state index in [1.54, 1.807) is 11.3 Å². The lowest BCUT2D eigenvalue weighted by atomic mass is 10.1. The minimum absolute atomic E-state index is 0.0944. The molecule has 1 aliphatic heterocycles. The van der Waals surface area contributed by atoms with Crippen LogP contribution in [0.5, 0.6) is 0 Å². The van der Waals surface area contributed by atoms with Crippen molar-refractivity contribution in [1.29, 1.82) is 0 Å². The highest BCUT2D eigenvalue weighted by Gasteiger charge is 2.34. The van der Waals surface area contributed by atoms with Gasteiger partial charge >= 0.3 is 0 Å². The van der Waals surface area contributed by atoms with Gasteiger partial charge in [-0.1, -0.05) is 0 Å². The van der Waals surface area contributed by atoms with Crippen molar-refractivity contribution in [3.8, 4) is 0 Å². The van der Waals surface area contributed by atoms with E-state index in [9.17, 15) is 8.78 Å². The Morgan fingerprint density at radius 2 is 2.00 bits per heavy atom. The second-order valence-corrected chi connectivity index (χ2v) is 5.52. The van der Waals surface area contributed by atoms with Gasteiger partial charge < -0.3 is 4.90 Å². The number of aryl methyl sites for hydroxylation is 1. The van der Waals surface area contributed by atoms with E-state index in [-0.39, 0.29) is 12.8 Å². The lowest BCUT2D eigenvalue weighted by Gasteiger charge is -2.32. The van der Waals surface area contributed by atoms with Crippen LogP contribution < -0.4 is 4.90 Å². The number of alkyl halides is 2. The fraction of sp³-hybridized carbons (Fsp3) is 0.500. The number of anilines is 1. The van der Waals surface area contributed by atoms with Crippen molar-refractivity contribution in [3.05, 3.63) is 17.3 Å². The van der Waals surface area contributed by atoms with E-state index >= 15 is 0 Å². The van der Waals surface area contributed by atoms with Crippen LogP contribution >= 0.6 is 11.3 Å². The molecule has 3 nitrogen and oxygen atoms in total. The number of halogens is 2. The zero-order valence-electron chi connectivity index (χ0n) is 9.99. The van der Waals surface area contributed by atoms with Gasteiger partial charge in [0.05, 0.1) is 10.2 Å². The molecule has 0 spiro atoms. The van der Waals surface area contributed by atoms with E-state index in [0.29, 0.717) is 13.1 Å². The summed E-state index contributed by atoms with van der Waals surface area (Å²) in [4.78, 5) is 10.5. The number of hydrogen-bond donors (Lipinski definition) is 0. The van der Waals surface area contributed by atoms with Gasteiger partial charge in [-0.2, -0.15) is 0 Å². The molecule has 3 heterocycles. The van der Waals surface area contributed by atoms with Crippen molar-refractivity contribution in [2.45, 2.75) is 25.7 Å². The quantitative estimate of drug-likeness (QED) is 0.796. The van der Waals surface area contributed by atoms with Crippen LogP contribution in [0.3, 0.4) is 0 Å². The summed E-state index contributed by atoms with van der Waals surface area (Å²) in [5.41, 5.74) is 2.04. The molecule has 96 valence electrons. The molecule has 0 aromatic carbocycles. The van der Waals surface area contributed by atoms with Crippen LogP contribution in [0.4, 0.5) is 14.6 Å². The minimum atomic E-state index is -2.52. The van der Waals surface area contributed by atoms with E-state index in [1.807, 2.05) is 17.2 Å². The highest BCUT2D eigenvalue weighted by atomic mass is 32.1. The molecule has 0 N–H and O–H groups in total. The van der Waals surface area contributed by atoms with E-state index in [0.717, 1.165) is 21.6 Å². The highest BCUT2D eigenvalue weighted by Crippen LogP contribution is 2.35. The van der Waals surface area contributed by atoms with Crippen LogP contribution in [0.2, 0.25) is 0 Å². The molecular weight excluding hydrogens is 256 g/mol. The highest BCUT2D eigenvalue weighted by molar-refractivity contribution is 7.18. The summed E-state index contributed by atoms with van der Waals surface area (Å²) in [7, 11) is 0. The first-order valence-corrected chi connectivity index (χ1v) is 6.76. The lowest BCUT2D eigenvalue weighted by Crippen LogP contribution is -2.39. The average Bonchev–Trinajstić information content (AvgIpc) is 2.72. The molecule has 1 fully saturated rings. The Hall–Kier alpha value is -1.30. The first kappa shape index (κ1) is 11.8. The predicted octanol–water partition coefficient (Wildman–Crippen LogP) is 3.24. The molecule has 0 radical (unpaired) electrons. The number of fused-ring (bicyclic) bond motifs is 1. The van der Waals surface area contributed by atoms with Gasteiger partial charge in [0.25, 0.3) is 5.92 Å². The summed E-state index contributed by atoms with van der Waals surface area (Å²) in [6.45, 7) is 2.71. The third kappa shape index (κ3) is 1.94. The van der Waals surface area contributed by atoms with E-state index in [1.165, 1.54) is 6.33 Å². The summed E-state index contributed by atoms with van der Waals surface area (Å²) in [6, 6.07) is 0. The Morgan fingerprint density at radius 3 is 2.72 bits per heavy atom.